The number of halogens is 3. The second-order valence-electron chi connectivity index (χ2n) is 7.62. The van der Waals surface area contributed by atoms with Gasteiger partial charge in [-0.25, -0.2) is 13.2 Å². The molecule has 0 atom stereocenters. The predicted octanol–water partition coefficient (Wildman–Crippen LogP) is 7.15. The van der Waals surface area contributed by atoms with Crippen molar-refractivity contribution in [3.8, 4) is 5.75 Å². The first-order valence-electron chi connectivity index (χ1n) is 9.92. The molecule has 0 heterocycles. The van der Waals surface area contributed by atoms with Gasteiger partial charge in [0.15, 0.2) is 11.6 Å². The Labute approximate surface area is 159 Å². The van der Waals surface area contributed by atoms with Gasteiger partial charge in [-0.2, -0.15) is 0 Å². The number of unbranched alkanes of at least 4 members (excludes halogenated alkanes) is 1. The highest BCUT2D eigenvalue weighted by Gasteiger charge is 2.22. The van der Waals surface area contributed by atoms with Gasteiger partial charge in [-0.05, 0) is 72.9 Å². The number of ether oxygens (including phenoxy) is 1. The van der Waals surface area contributed by atoms with Crippen LogP contribution in [0.4, 0.5) is 13.2 Å². The molecule has 0 spiro atoms. The number of hydrogen-bond acceptors (Lipinski definition) is 1. The van der Waals surface area contributed by atoms with E-state index in [2.05, 4.69) is 6.92 Å². The Morgan fingerprint density at radius 3 is 2.26 bits per heavy atom. The van der Waals surface area contributed by atoms with Crippen LogP contribution in [-0.2, 0) is 6.61 Å². The summed E-state index contributed by atoms with van der Waals surface area (Å²) in [6.07, 6.45) is 8.50. The Morgan fingerprint density at radius 1 is 0.926 bits per heavy atom. The Kier molecular flexibility index (Phi) is 6.81. The van der Waals surface area contributed by atoms with Crippen molar-refractivity contribution in [3.05, 3.63) is 65.0 Å². The van der Waals surface area contributed by atoms with Gasteiger partial charge >= 0.3 is 0 Å². The summed E-state index contributed by atoms with van der Waals surface area (Å²) in [5.41, 5.74) is 1.35. The van der Waals surface area contributed by atoms with Crippen LogP contribution in [0, 0.1) is 23.4 Å². The fourth-order valence-corrected chi connectivity index (χ4v) is 4.02. The Bertz CT molecular complexity index is 731. The third kappa shape index (κ3) is 5.50. The maximum absolute atomic E-state index is 14.4. The van der Waals surface area contributed by atoms with Crippen molar-refractivity contribution in [1.29, 1.82) is 0 Å². The topological polar surface area (TPSA) is 9.23 Å². The molecule has 27 heavy (non-hydrogen) atoms. The second-order valence-corrected chi connectivity index (χ2v) is 7.62. The van der Waals surface area contributed by atoms with Crippen LogP contribution >= 0.6 is 0 Å². The van der Waals surface area contributed by atoms with E-state index in [9.17, 15) is 13.2 Å². The summed E-state index contributed by atoms with van der Waals surface area (Å²) < 4.78 is 46.3. The molecule has 1 aliphatic carbocycles. The van der Waals surface area contributed by atoms with E-state index in [4.69, 9.17) is 4.74 Å². The molecule has 0 unspecified atom stereocenters. The van der Waals surface area contributed by atoms with Crippen LogP contribution in [-0.4, -0.2) is 0 Å². The summed E-state index contributed by atoms with van der Waals surface area (Å²) in [5, 5.41) is 0. The first kappa shape index (κ1) is 19.8. The molecule has 3 rings (SSSR count). The Balaban J connectivity index is 1.57. The van der Waals surface area contributed by atoms with Gasteiger partial charge in [0, 0.05) is 6.07 Å². The highest BCUT2D eigenvalue weighted by Crippen LogP contribution is 2.38. The lowest BCUT2D eigenvalue weighted by Crippen LogP contribution is -2.13. The minimum atomic E-state index is -0.668. The first-order chi connectivity index (χ1) is 13.0. The van der Waals surface area contributed by atoms with E-state index in [0.717, 1.165) is 30.4 Å². The predicted molar refractivity (Wildman–Crippen MR) is 101 cm³/mol. The quantitative estimate of drug-likeness (QED) is 0.499. The molecule has 0 saturated heterocycles. The van der Waals surface area contributed by atoms with Crippen molar-refractivity contribution < 1.29 is 17.9 Å². The summed E-state index contributed by atoms with van der Waals surface area (Å²) >= 11 is 0. The largest absolute Gasteiger partial charge is 0.486 e. The van der Waals surface area contributed by atoms with E-state index in [1.807, 2.05) is 6.07 Å². The van der Waals surface area contributed by atoms with Gasteiger partial charge in [-0.1, -0.05) is 32.3 Å². The molecular formula is C23H27F3O. The zero-order valence-corrected chi connectivity index (χ0v) is 15.8. The van der Waals surface area contributed by atoms with Crippen LogP contribution in [0.2, 0.25) is 0 Å². The van der Waals surface area contributed by atoms with Crippen molar-refractivity contribution in [3.63, 3.8) is 0 Å². The molecular weight excluding hydrogens is 349 g/mol. The van der Waals surface area contributed by atoms with Crippen molar-refractivity contribution >= 4 is 0 Å². The van der Waals surface area contributed by atoms with Crippen LogP contribution < -0.4 is 4.74 Å². The normalized spacial score (nSPS) is 19.9. The van der Waals surface area contributed by atoms with Gasteiger partial charge in [0.05, 0.1) is 0 Å². The molecule has 0 amide bonds. The van der Waals surface area contributed by atoms with Crippen LogP contribution in [0.25, 0.3) is 0 Å². The van der Waals surface area contributed by atoms with Gasteiger partial charge < -0.3 is 4.74 Å². The molecule has 0 aromatic heterocycles. The summed E-state index contributed by atoms with van der Waals surface area (Å²) in [6.45, 7) is 2.15. The third-order valence-corrected chi connectivity index (χ3v) is 5.56. The molecule has 0 N–H and O–H groups in total. The van der Waals surface area contributed by atoms with E-state index >= 15 is 0 Å². The van der Waals surface area contributed by atoms with Crippen LogP contribution in [0.5, 0.6) is 5.75 Å². The minimum absolute atomic E-state index is 0.0759. The Hall–Kier alpha value is -1.97. The lowest BCUT2D eigenvalue weighted by molar-refractivity contribution is 0.287. The molecule has 1 nitrogen and oxygen atoms in total. The highest BCUT2D eigenvalue weighted by atomic mass is 19.1. The minimum Gasteiger partial charge on any atom is -0.486 e. The summed E-state index contributed by atoms with van der Waals surface area (Å²) in [4.78, 5) is 0. The highest BCUT2D eigenvalue weighted by molar-refractivity contribution is 5.32. The summed E-state index contributed by atoms with van der Waals surface area (Å²) in [7, 11) is 0. The van der Waals surface area contributed by atoms with E-state index in [0.29, 0.717) is 11.5 Å². The number of hydrogen-bond donors (Lipinski definition) is 0. The van der Waals surface area contributed by atoms with Crippen molar-refractivity contribution in [2.24, 2.45) is 5.92 Å². The van der Waals surface area contributed by atoms with Crippen molar-refractivity contribution in [2.45, 2.75) is 64.4 Å². The van der Waals surface area contributed by atoms with E-state index < -0.39 is 17.5 Å². The average Bonchev–Trinajstić information content (AvgIpc) is 2.65. The average molecular weight is 376 g/mol. The van der Waals surface area contributed by atoms with Gasteiger partial charge in [0.2, 0.25) is 0 Å². The summed E-state index contributed by atoms with van der Waals surface area (Å²) in [6, 6.07) is 8.28. The molecule has 146 valence electrons. The standard InChI is InChI=1S/C23H27F3O/c1-2-3-4-16-5-7-18(8-6-16)19-9-10-23(22(26)13-19)27-15-17-11-20(24)14-21(25)12-17/h9-14,16,18H,2-8,15H2,1H3. The lowest BCUT2D eigenvalue weighted by Gasteiger charge is -2.29. The van der Waals surface area contributed by atoms with Crippen LogP contribution in [0.15, 0.2) is 36.4 Å². The maximum Gasteiger partial charge on any atom is 0.165 e. The summed E-state index contributed by atoms with van der Waals surface area (Å²) in [5.74, 6) is -0.417. The first-order valence-corrected chi connectivity index (χ1v) is 9.92. The van der Waals surface area contributed by atoms with Crippen molar-refractivity contribution in [1.82, 2.24) is 0 Å². The fraction of sp³-hybridized carbons (Fsp3) is 0.478. The smallest absolute Gasteiger partial charge is 0.165 e. The zero-order valence-electron chi connectivity index (χ0n) is 15.8. The Morgan fingerprint density at radius 2 is 1.63 bits per heavy atom. The molecule has 2 aromatic carbocycles. The SMILES string of the molecule is CCCCC1CCC(c2ccc(OCc3cc(F)cc(F)c3)c(F)c2)CC1. The molecule has 0 bridgehead atoms. The van der Waals surface area contributed by atoms with Crippen LogP contribution in [0.3, 0.4) is 0 Å². The number of rotatable bonds is 7. The van der Waals surface area contributed by atoms with Gasteiger partial charge in [0.25, 0.3) is 0 Å². The zero-order chi connectivity index (χ0) is 19.2. The lowest BCUT2D eigenvalue weighted by atomic mass is 9.77. The second kappa shape index (κ2) is 9.29. The molecule has 1 aliphatic rings. The number of benzene rings is 2. The van der Waals surface area contributed by atoms with Crippen molar-refractivity contribution in [2.75, 3.05) is 0 Å². The molecule has 0 radical (unpaired) electrons. The van der Waals surface area contributed by atoms with E-state index in [1.54, 1.807) is 12.1 Å². The third-order valence-electron chi connectivity index (χ3n) is 5.56. The monoisotopic (exact) mass is 376 g/mol. The van der Waals surface area contributed by atoms with Crippen LogP contribution in [0.1, 0.15) is 68.9 Å². The van der Waals surface area contributed by atoms with Gasteiger partial charge in [-0.15, -0.1) is 0 Å². The van der Waals surface area contributed by atoms with Gasteiger partial charge in [0.1, 0.15) is 18.2 Å². The van der Waals surface area contributed by atoms with E-state index in [1.165, 1.54) is 44.2 Å². The fourth-order valence-electron chi connectivity index (χ4n) is 4.02. The molecule has 1 saturated carbocycles. The molecule has 0 aliphatic heterocycles. The maximum atomic E-state index is 14.4. The van der Waals surface area contributed by atoms with Gasteiger partial charge in [-0.3, -0.25) is 0 Å². The molecule has 4 heteroatoms. The molecule has 2 aromatic rings. The van der Waals surface area contributed by atoms with E-state index in [-0.39, 0.29) is 12.4 Å². The molecule has 1 fully saturated rings.